The van der Waals surface area contributed by atoms with Gasteiger partial charge in [0.1, 0.15) is 0 Å². The Morgan fingerprint density at radius 3 is 2.68 bits per heavy atom. The molecule has 1 atom stereocenters. The van der Waals surface area contributed by atoms with Gasteiger partial charge < -0.3 is 10.6 Å². The molecule has 0 spiro atoms. The van der Waals surface area contributed by atoms with E-state index in [1.807, 2.05) is 20.8 Å². The molecule has 3 heteroatoms. The zero-order chi connectivity index (χ0) is 13.8. The van der Waals surface area contributed by atoms with Crippen LogP contribution in [0.4, 0.5) is 0 Å². The topological polar surface area (TPSA) is 41.1 Å². The molecule has 104 valence electrons. The lowest BCUT2D eigenvalue weighted by Gasteiger charge is -2.16. The summed E-state index contributed by atoms with van der Waals surface area (Å²) in [6, 6.07) is 8.73. The Bertz CT molecular complexity index is 438. The summed E-state index contributed by atoms with van der Waals surface area (Å²) in [7, 11) is 0. The van der Waals surface area contributed by atoms with Crippen LogP contribution in [-0.4, -0.2) is 18.0 Å². The van der Waals surface area contributed by atoms with Crippen molar-refractivity contribution < 1.29 is 4.79 Å². The summed E-state index contributed by atoms with van der Waals surface area (Å²) in [6.07, 6.45) is 2.65. The second kappa shape index (κ2) is 6.20. The van der Waals surface area contributed by atoms with Crippen molar-refractivity contribution in [3.05, 3.63) is 35.4 Å². The molecule has 0 heterocycles. The van der Waals surface area contributed by atoms with Gasteiger partial charge in [-0.2, -0.15) is 0 Å². The highest BCUT2D eigenvalue weighted by atomic mass is 16.2. The first-order valence-corrected chi connectivity index (χ1v) is 7.19. The molecule has 3 nitrogen and oxygen atoms in total. The van der Waals surface area contributed by atoms with Gasteiger partial charge in [0.25, 0.3) is 0 Å². The number of carbonyl (C=O) groups is 1. The lowest BCUT2D eigenvalue weighted by molar-refractivity contribution is -0.123. The van der Waals surface area contributed by atoms with E-state index in [9.17, 15) is 4.79 Å². The van der Waals surface area contributed by atoms with E-state index in [4.69, 9.17) is 0 Å². The van der Waals surface area contributed by atoms with Crippen LogP contribution < -0.4 is 10.6 Å². The van der Waals surface area contributed by atoms with Crippen molar-refractivity contribution in [3.63, 3.8) is 0 Å². The van der Waals surface area contributed by atoms with Crippen LogP contribution >= 0.6 is 0 Å². The van der Waals surface area contributed by atoms with Crippen LogP contribution in [0.1, 0.15) is 50.7 Å². The second-order valence-corrected chi connectivity index (χ2v) is 5.79. The fourth-order valence-corrected chi connectivity index (χ4v) is 2.15. The van der Waals surface area contributed by atoms with Gasteiger partial charge in [0, 0.05) is 12.6 Å². The maximum atomic E-state index is 11.8. The highest BCUT2D eigenvalue weighted by Crippen LogP contribution is 2.40. The minimum Gasteiger partial charge on any atom is -0.353 e. The van der Waals surface area contributed by atoms with E-state index in [0.29, 0.717) is 0 Å². The van der Waals surface area contributed by atoms with Gasteiger partial charge in [0.05, 0.1) is 6.04 Å². The van der Waals surface area contributed by atoms with E-state index in [-0.39, 0.29) is 18.0 Å². The van der Waals surface area contributed by atoms with Crippen LogP contribution in [0.2, 0.25) is 0 Å². The number of nitrogens with one attached hydrogen (secondary N) is 2. The highest BCUT2D eigenvalue weighted by Gasteiger charge is 2.23. The van der Waals surface area contributed by atoms with Gasteiger partial charge in [0.15, 0.2) is 0 Å². The molecule has 1 aliphatic rings. The Labute approximate surface area is 115 Å². The van der Waals surface area contributed by atoms with Crippen molar-refractivity contribution in [3.8, 4) is 0 Å². The molecule has 2 N–H and O–H groups in total. The predicted molar refractivity (Wildman–Crippen MR) is 78.0 cm³/mol. The first-order valence-electron chi connectivity index (χ1n) is 7.19. The summed E-state index contributed by atoms with van der Waals surface area (Å²) in [5, 5.41) is 6.20. The molecule has 0 radical (unpaired) electrons. The van der Waals surface area contributed by atoms with Crippen LogP contribution in [0.15, 0.2) is 24.3 Å². The number of benzene rings is 1. The zero-order valence-corrected chi connectivity index (χ0v) is 12.1. The molecule has 1 aromatic carbocycles. The van der Waals surface area contributed by atoms with Crippen molar-refractivity contribution in [2.45, 2.75) is 58.2 Å². The third kappa shape index (κ3) is 4.35. The van der Waals surface area contributed by atoms with E-state index < -0.39 is 0 Å². The maximum absolute atomic E-state index is 11.8. The fraction of sp³-hybridized carbons (Fsp3) is 0.562. The van der Waals surface area contributed by atoms with E-state index >= 15 is 0 Å². The van der Waals surface area contributed by atoms with Gasteiger partial charge >= 0.3 is 0 Å². The predicted octanol–water partition coefficient (Wildman–Crippen LogP) is 2.57. The number of hydrogen-bond donors (Lipinski definition) is 2. The number of carbonyl (C=O) groups excluding carboxylic acids is 1. The number of rotatable bonds is 6. The molecule has 0 aromatic heterocycles. The van der Waals surface area contributed by atoms with Crippen LogP contribution in [0.3, 0.4) is 0 Å². The normalized spacial score (nSPS) is 16.4. The molecule has 1 fully saturated rings. The maximum Gasteiger partial charge on any atom is 0.237 e. The summed E-state index contributed by atoms with van der Waals surface area (Å²) in [5.41, 5.74) is 2.70. The standard InChI is InChI=1S/C16H24N2O/c1-11(2)18-16(19)12(3)17-10-13-5-4-6-15(9-13)14-7-8-14/h4-6,9,11-12,14,17H,7-8,10H2,1-3H3,(H,18,19). The fourth-order valence-electron chi connectivity index (χ4n) is 2.15. The van der Waals surface area contributed by atoms with Gasteiger partial charge in [-0.25, -0.2) is 0 Å². The molecular weight excluding hydrogens is 236 g/mol. The molecular formula is C16H24N2O. The summed E-state index contributed by atoms with van der Waals surface area (Å²) in [5.74, 6) is 0.843. The summed E-state index contributed by atoms with van der Waals surface area (Å²) in [6.45, 7) is 6.60. The molecule has 19 heavy (non-hydrogen) atoms. The van der Waals surface area contributed by atoms with E-state index in [2.05, 4.69) is 34.9 Å². The van der Waals surface area contributed by atoms with Crippen molar-refractivity contribution >= 4 is 5.91 Å². The van der Waals surface area contributed by atoms with Gasteiger partial charge in [-0.3, -0.25) is 4.79 Å². The Balaban J connectivity index is 1.84. The smallest absolute Gasteiger partial charge is 0.237 e. The molecule has 0 aliphatic heterocycles. The quantitative estimate of drug-likeness (QED) is 0.825. The van der Waals surface area contributed by atoms with Gasteiger partial charge in [0.2, 0.25) is 5.91 Å². The first kappa shape index (κ1) is 14.1. The molecule has 1 aromatic rings. The highest BCUT2D eigenvalue weighted by molar-refractivity contribution is 5.81. The third-order valence-electron chi connectivity index (χ3n) is 3.44. The Hall–Kier alpha value is -1.35. The second-order valence-electron chi connectivity index (χ2n) is 5.79. The molecule has 1 unspecified atom stereocenters. The largest absolute Gasteiger partial charge is 0.353 e. The third-order valence-corrected chi connectivity index (χ3v) is 3.44. The molecule has 0 bridgehead atoms. The molecule has 0 saturated heterocycles. The van der Waals surface area contributed by atoms with Gasteiger partial charge in [-0.15, -0.1) is 0 Å². The molecule has 1 amide bonds. The van der Waals surface area contributed by atoms with E-state index in [1.165, 1.54) is 24.0 Å². The van der Waals surface area contributed by atoms with Crippen LogP contribution in [-0.2, 0) is 11.3 Å². The van der Waals surface area contributed by atoms with Crippen molar-refractivity contribution in [1.82, 2.24) is 10.6 Å². The minimum absolute atomic E-state index is 0.0633. The average Bonchev–Trinajstić information content (AvgIpc) is 3.19. The number of amides is 1. The van der Waals surface area contributed by atoms with Crippen LogP contribution in [0, 0.1) is 0 Å². The molecule has 2 rings (SSSR count). The minimum atomic E-state index is -0.160. The monoisotopic (exact) mass is 260 g/mol. The van der Waals surface area contributed by atoms with Crippen LogP contribution in [0.25, 0.3) is 0 Å². The summed E-state index contributed by atoms with van der Waals surface area (Å²) in [4.78, 5) is 11.8. The summed E-state index contributed by atoms with van der Waals surface area (Å²) < 4.78 is 0. The summed E-state index contributed by atoms with van der Waals surface area (Å²) >= 11 is 0. The number of hydrogen-bond acceptors (Lipinski definition) is 2. The SMILES string of the molecule is CC(C)NC(=O)C(C)NCc1cccc(C2CC2)c1. The van der Waals surface area contributed by atoms with Crippen molar-refractivity contribution in [1.29, 1.82) is 0 Å². The Morgan fingerprint density at radius 1 is 1.32 bits per heavy atom. The van der Waals surface area contributed by atoms with Crippen molar-refractivity contribution in [2.75, 3.05) is 0 Å². The van der Waals surface area contributed by atoms with E-state index in [1.54, 1.807) is 0 Å². The molecule has 1 saturated carbocycles. The first-order chi connectivity index (χ1) is 9.06. The Morgan fingerprint density at radius 2 is 2.05 bits per heavy atom. The van der Waals surface area contributed by atoms with Gasteiger partial charge in [-0.1, -0.05) is 24.3 Å². The Kier molecular flexibility index (Phi) is 4.59. The van der Waals surface area contributed by atoms with Crippen LogP contribution in [0.5, 0.6) is 0 Å². The zero-order valence-electron chi connectivity index (χ0n) is 12.1. The van der Waals surface area contributed by atoms with Gasteiger partial charge in [-0.05, 0) is 50.7 Å². The average molecular weight is 260 g/mol. The lowest BCUT2D eigenvalue weighted by atomic mass is 10.1. The van der Waals surface area contributed by atoms with E-state index in [0.717, 1.165) is 12.5 Å². The van der Waals surface area contributed by atoms with Crippen molar-refractivity contribution in [2.24, 2.45) is 0 Å². The molecule has 1 aliphatic carbocycles. The lowest BCUT2D eigenvalue weighted by Crippen LogP contribution is -2.44.